The molecule has 134 valence electrons. The van der Waals surface area contributed by atoms with Crippen LogP contribution < -0.4 is 10.6 Å². The van der Waals surface area contributed by atoms with E-state index in [0.29, 0.717) is 5.56 Å². The van der Waals surface area contributed by atoms with Gasteiger partial charge in [0.2, 0.25) is 11.8 Å². The molecule has 0 aliphatic heterocycles. The number of alkyl halides is 3. The first-order chi connectivity index (χ1) is 11.3. The van der Waals surface area contributed by atoms with Crippen molar-refractivity contribution in [1.29, 1.82) is 0 Å². The molecule has 2 amide bonds. The van der Waals surface area contributed by atoms with Gasteiger partial charge in [-0.25, -0.2) is 4.39 Å². The third-order valence-corrected chi connectivity index (χ3v) is 2.76. The molecule has 0 unspecified atom stereocenters. The minimum atomic E-state index is -4.41. The van der Waals surface area contributed by atoms with Crippen molar-refractivity contribution in [3.05, 3.63) is 35.6 Å². The van der Waals surface area contributed by atoms with Gasteiger partial charge in [0.15, 0.2) is 0 Å². The number of rotatable bonds is 9. The lowest BCUT2D eigenvalue weighted by Gasteiger charge is -2.09. The van der Waals surface area contributed by atoms with Crippen molar-refractivity contribution in [1.82, 2.24) is 10.6 Å². The molecule has 0 atom stereocenters. The van der Waals surface area contributed by atoms with Gasteiger partial charge in [0, 0.05) is 19.5 Å². The minimum absolute atomic E-state index is 0.0109. The van der Waals surface area contributed by atoms with Crippen LogP contribution in [0.25, 0.3) is 0 Å². The van der Waals surface area contributed by atoms with Crippen LogP contribution in [0.2, 0.25) is 0 Å². The van der Waals surface area contributed by atoms with E-state index in [2.05, 4.69) is 15.4 Å². The fraction of sp³-hybridized carbons (Fsp3) is 0.467. The molecule has 1 aromatic carbocycles. The predicted octanol–water partition coefficient (Wildman–Crippen LogP) is 1.57. The molecular weight excluding hydrogens is 332 g/mol. The fourth-order valence-corrected chi connectivity index (χ4v) is 1.74. The van der Waals surface area contributed by atoms with Crippen LogP contribution in [0.4, 0.5) is 17.6 Å². The second kappa shape index (κ2) is 9.86. The Morgan fingerprint density at radius 3 is 2.38 bits per heavy atom. The standard InChI is InChI=1S/C15H18F4N2O3/c16-12-3-1-2-11(8-12)9-14(23)21-6-5-20-13(22)4-7-24-10-15(17,18)19/h1-3,8H,4-7,9-10H2,(H,20,22)(H,21,23). The van der Waals surface area contributed by atoms with E-state index in [1.807, 2.05) is 0 Å². The summed E-state index contributed by atoms with van der Waals surface area (Å²) in [6.07, 6.45) is -4.60. The lowest BCUT2D eigenvalue weighted by Crippen LogP contribution is -2.35. The summed E-state index contributed by atoms with van der Waals surface area (Å²) in [5.74, 6) is -1.24. The first-order valence-corrected chi connectivity index (χ1v) is 7.18. The lowest BCUT2D eigenvalue weighted by molar-refractivity contribution is -0.174. The summed E-state index contributed by atoms with van der Waals surface area (Å²) < 4.78 is 52.6. The third kappa shape index (κ3) is 9.78. The minimum Gasteiger partial charge on any atom is -0.372 e. The molecule has 9 heteroatoms. The Morgan fingerprint density at radius 2 is 1.75 bits per heavy atom. The number of hydrogen-bond donors (Lipinski definition) is 2. The quantitative estimate of drug-likeness (QED) is 0.525. The Hall–Kier alpha value is -2.16. The SMILES string of the molecule is O=C(CCOCC(F)(F)F)NCCNC(=O)Cc1cccc(F)c1. The number of amides is 2. The number of carbonyl (C=O) groups excluding carboxylic acids is 2. The first-order valence-electron chi connectivity index (χ1n) is 7.18. The van der Waals surface area contributed by atoms with E-state index in [1.165, 1.54) is 18.2 Å². The van der Waals surface area contributed by atoms with Crippen molar-refractivity contribution < 1.29 is 31.9 Å². The van der Waals surface area contributed by atoms with Crippen molar-refractivity contribution in [2.75, 3.05) is 26.3 Å². The number of hydrogen-bond acceptors (Lipinski definition) is 3. The maximum Gasteiger partial charge on any atom is 0.411 e. The smallest absolute Gasteiger partial charge is 0.372 e. The van der Waals surface area contributed by atoms with Gasteiger partial charge in [-0.1, -0.05) is 12.1 Å². The van der Waals surface area contributed by atoms with E-state index in [9.17, 15) is 27.2 Å². The van der Waals surface area contributed by atoms with Gasteiger partial charge in [0.1, 0.15) is 12.4 Å². The molecule has 1 rings (SSSR count). The fourth-order valence-electron chi connectivity index (χ4n) is 1.74. The first kappa shape index (κ1) is 19.9. The molecule has 0 aliphatic rings. The summed E-state index contributed by atoms with van der Waals surface area (Å²) in [6, 6.07) is 5.64. The van der Waals surface area contributed by atoms with Gasteiger partial charge >= 0.3 is 6.18 Å². The normalized spacial score (nSPS) is 11.2. The van der Waals surface area contributed by atoms with E-state index >= 15 is 0 Å². The lowest BCUT2D eigenvalue weighted by atomic mass is 10.1. The highest BCUT2D eigenvalue weighted by atomic mass is 19.4. The molecule has 0 radical (unpaired) electrons. The van der Waals surface area contributed by atoms with Gasteiger partial charge in [0.25, 0.3) is 0 Å². The van der Waals surface area contributed by atoms with E-state index in [-0.39, 0.29) is 38.4 Å². The summed E-state index contributed by atoms with van der Waals surface area (Å²) >= 11 is 0. The average Bonchev–Trinajstić information content (AvgIpc) is 2.47. The van der Waals surface area contributed by atoms with E-state index in [1.54, 1.807) is 6.07 Å². The second-order valence-corrected chi connectivity index (χ2v) is 4.92. The van der Waals surface area contributed by atoms with E-state index in [0.717, 1.165) is 0 Å². The number of halogens is 4. The van der Waals surface area contributed by atoms with E-state index < -0.39 is 24.5 Å². The molecule has 0 saturated heterocycles. The summed E-state index contributed by atoms with van der Waals surface area (Å²) in [5.41, 5.74) is 0.526. The maximum absolute atomic E-state index is 13.0. The van der Waals surface area contributed by atoms with Crippen LogP contribution in [0.3, 0.4) is 0 Å². The third-order valence-electron chi connectivity index (χ3n) is 2.76. The summed E-state index contributed by atoms with van der Waals surface area (Å²) in [4.78, 5) is 22.9. The molecule has 0 heterocycles. The van der Waals surface area contributed by atoms with E-state index in [4.69, 9.17) is 0 Å². The van der Waals surface area contributed by atoms with Crippen LogP contribution in [0, 0.1) is 5.82 Å². The van der Waals surface area contributed by atoms with Crippen molar-refractivity contribution in [3.8, 4) is 0 Å². The molecule has 0 aromatic heterocycles. The maximum atomic E-state index is 13.0. The van der Waals surface area contributed by atoms with Crippen molar-refractivity contribution in [2.45, 2.75) is 19.0 Å². The van der Waals surface area contributed by atoms with Gasteiger partial charge in [-0.2, -0.15) is 13.2 Å². The van der Waals surface area contributed by atoms with Gasteiger partial charge < -0.3 is 15.4 Å². The molecule has 5 nitrogen and oxygen atoms in total. The molecule has 0 fully saturated rings. The van der Waals surface area contributed by atoms with Crippen LogP contribution in [-0.4, -0.2) is 44.3 Å². The highest BCUT2D eigenvalue weighted by molar-refractivity contribution is 5.79. The van der Waals surface area contributed by atoms with Crippen LogP contribution in [0.1, 0.15) is 12.0 Å². The Labute approximate surface area is 136 Å². The van der Waals surface area contributed by atoms with Gasteiger partial charge in [-0.05, 0) is 17.7 Å². The van der Waals surface area contributed by atoms with Crippen LogP contribution >= 0.6 is 0 Å². The van der Waals surface area contributed by atoms with Crippen LogP contribution in [0.5, 0.6) is 0 Å². The zero-order valence-electron chi connectivity index (χ0n) is 12.8. The molecule has 2 N–H and O–H groups in total. The van der Waals surface area contributed by atoms with Gasteiger partial charge in [-0.3, -0.25) is 9.59 Å². The highest BCUT2D eigenvalue weighted by Gasteiger charge is 2.27. The van der Waals surface area contributed by atoms with Crippen molar-refractivity contribution in [2.24, 2.45) is 0 Å². The van der Waals surface area contributed by atoms with Crippen LogP contribution in [-0.2, 0) is 20.7 Å². The zero-order valence-corrected chi connectivity index (χ0v) is 12.8. The molecule has 0 aliphatic carbocycles. The Bertz CT molecular complexity index is 550. The second-order valence-electron chi connectivity index (χ2n) is 4.92. The van der Waals surface area contributed by atoms with Gasteiger partial charge in [-0.15, -0.1) is 0 Å². The molecule has 0 saturated carbocycles. The monoisotopic (exact) mass is 350 g/mol. The Balaban J connectivity index is 2.08. The summed E-state index contributed by atoms with van der Waals surface area (Å²) in [7, 11) is 0. The molecule has 0 bridgehead atoms. The van der Waals surface area contributed by atoms with Crippen molar-refractivity contribution in [3.63, 3.8) is 0 Å². The largest absolute Gasteiger partial charge is 0.411 e. The summed E-state index contributed by atoms with van der Waals surface area (Å²) in [6.45, 7) is -1.44. The average molecular weight is 350 g/mol. The van der Waals surface area contributed by atoms with Crippen molar-refractivity contribution >= 4 is 11.8 Å². The zero-order chi connectivity index (χ0) is 18.0. The number of nitrogens with one attached hydrogen (secondary N) is 2. The number of benzene rings is 1. The Morgan fingerprint density at radius 1 is 1.08 bits per heavy atom. The Kier molecular flexibility index (Phi) is 8.17. The predicted molar refractivity (Wildman–Crippen MR) is 77.6 cm³/mol. The molecule has 24 heavy (non-hydrogen) atoms. The topological polar surface area (TPSA) is 67.4 Å². The van der Waals surface area contributed by atoms with Gasteiger partial charge in [0.05, 0.1) is 13.0 Å². The molecule has 1 aromatic rings. The molecular formula is C15H18F4N2O3. The molecule has 0 spiro atoms. The van der Waals surface area contributed by atoms with Crippen LogP contribution in [0.15, 0.2) is 24.3 Å². The number of ether oxygens (including phenoxy) is 1. The summed E-state index contributed by atoms with van der Waals surface area (Å²) in [5, 5.41) is 4.97. The highest BCUT2D eigenvalue weighted by Crippen LogP contribution is 2.14. The number of carbonyl (C=O) groups is 2.